The molecule has 1 atom stereocenters. The zero-order chi connectivity index (χ0) is 24.0. The van der Waals surface area contributed by atoms with E-state index in [-0.39, 0.29) is 23.4 Å². The average Bonchev–Trinajstić information content (AvgIpc) is 3.53. The summed E-state index contributed by atoms with van der Waals surface area (Å²) in [7, 11) is 0. The molecule has 1 aliphatic heterocycles. The minimum Gasteiger partial charge on any atom is -0.507 e. The number of aromatic nitrogens is 2. The number of furan rings is 1. The number of anilines is 1. The van der Waals surface area contributed by atoms with E-state index in [0.29, 0.717) is 28.1 Å². The first-order chi connectivity index (χ1) is 16.3. The highest BCUT2D eigenvalue weighted by Crippen LogP contribution is 2.42. The van der Waals surface area contributed by atoms with Crippen LogP contribution in [0.3, 0.4) is 0 Å². The third-order valence-corrected chi connectivity index (χ3v) is 5.67. The molecule has 2 N–H and O–H groups in total. The van der Waals surface area contributed by atoms with E-state index in [1.807, 2.05) is 39.0 Å². The van der Waals surface area contributed by atoms with Gasteiger partial charge in [-0.3, -0.25) is 14.5 Å². The summed E-state index contributed by atoms with van der Waals surface area (Å²) in [6.45, 7) is 5.71. The predicted molar refractivity (Wildman–Crippen MR) is 127 cm³/mol. The van der Waals surface area contributed by atoms with E-state index in [0.717, 1.165) is 5.56 Å². The Morgan fingerprint density at radius 3 is 2.62 bits per heavy atom. The second-order valence-electron chi connectivity index (χ2n) is 8.41. The molecular weight excluding hydrogens is 434 g/mol. The van der Waals surface area contributed by atoms with Gasteiger partial charge in [0, 0.05) is 5.56 Å². The molecule has 0 saturated carbocycles. The maximum atomic E-state index is 13.2. The summed E-state index contributed by atoms with van der Waals surface area (Å²) < 4.78 is 11.4. The number of imidazole rings is 1. The Hall–Kier alpha value is -4.33. The van der Waals surface area contributed by atoms with Crippen LogP contribution in [0.1, 0.15) is 36.8 Å². The number of amides is 1. The number of benzene rings is 2. The average molecular weight is 457 g/mol. The number of hydrogen-bond donors (Lipinski definition) is 2. The van der Waals surface area contributed by atoms with Gasteiger partial charge in [-0.2, -0.15) is 0 Å². The van der Waals surface area contributed by atoms with Crippen molar-refractivity contribution in [2.75, 3.05) is 4.90 Å². The molecule has 1 aliphatic rings. The van der Waals surface area contributed by atoms with Gasteiger partial charge in [-0.25, -0.2) is 4.98 Å². The third kappa shape index (κ3) is 3.53. The maximum Gasteiger partial charge on any atom is 0.302 e. The van der Waals surface area contributed by atoms with E-state index in [1.54, 1.807) is 36.4 Å². The molecule has 1 fully saturated rings. The van der Waals surface area contributed by atoms with Crippen molar-refractivity contribution in [3.05, 3.63) is 83.3 Å². The molecule has 1 amide bonds. The topological polar surface area (TPSA) is 109 Å². The zero-order valence-corrected chi connectivity index (χ0v) is 18.9. The minimum atomic E-state index is -0.984. The number of carbonyl (C=O) groups is 2. The van der Waals surface area contributed by atoms with Crippen LogP contribution in [0.2, 0.25) is 0 Å². The van der Waals surface area contributed by atoms with Crippen molar-refractivity contribution >= 4 is 34.4 Å². The monoisotopic (exact) mass is 457 g/mol. The molecule has 1 unspecified atom stereocenters. The first-order valence-corrected chi connectivity index (χ1v) is 10.9. The van der Waals surface area contributed by atoms with Gasteiger partial charge in [-0.15, -0.1) is 0 Å². The van der Waals surface area contributed by atoms with E-state index in [2.05, 4.69) is 9.97 Å². The molecule has 34 heavy (non-hydrogen) atoms. The zero-order valence-electron chi connectivity index (χ0n) is 18.9. The summed E-state index contributed by atoms with van der Waals surface area (Å²) in [4.78, 5) is 35.2. The van der Waals surface area contributed by atoms with Gasteiger partial charge >= 0.3 is 5.91 Å². The van der Waals surface area contributed by atoms with Gasteiger partial charge in [0.1, 0.15) is 23.3 Å². The lowest BCUT2D eigenvalue weighted by Crippen LogP contribution is -2.30. The number of aliphatic hydroxyl groups excluding tert-OH is 1. The Kier molecular flexibility index (Phi) is 5.20. The lowest BCUT2D eigenvalue weighted by molar-refractivity contribution is -0.132. The fourth-order valence-electron chi connectivity index (χ4n) is 4.16. The van der Waals surface area contributed by atoms with Crippen LogP contribution < -0.4 is 9.64 Å². The molecular formula is C26H23N3O5. The Morgan fingerprint density at radius 1 is 1.15 bits per heavy atom. The second kappa shape index (κ2) is 8.22. The molecule has 2 aromatic carbocycles. The van der Waals surface area contributed by atoms with E-state index < -0.39 is 17.7 Å². The molecule has 8 heteroatoms. The van der Waals surface area contributed by atoms with E-state index in [9.17, 15) is 14.7 Å². The van der Waals surface area contributed by atoms with Crippen molar-refractivity contribution in [2.24, 2.45) is 0 Å². The number of fused-ring (bicyclic) bond motifs is 1. The molecule has 0 aliphatic carbocycles. The van der Waals surface area contributed by atoms with Gasteiger partial charge in [0.25, 0.3) is 5.78 Å². The molecule has 0 spiro atoms. The molecule has 5 rings (SSSR count). The number of nitrogens with zero attached hydrogens (tertiary/aromatic N) is 2. The molecule has 1 saturated heterocycles. The predicted octanol–water partition coefficient (Wildman–Crippen LogP) is 4.88. The number of hydrogen-bond acceptors (Lipinski definition) is 6. The summed E-state index contributed by atoms with van der Waals surface area (Å²) in [6, 6.07) is 14.8. The largest absolute Gasteiger partial charge is 0.507 e. The number of nitrogens with one attached hydrogen (secondary N) is 1. The van der Waals surface area contributed by atoms with Crippen LogP contribution in [-0.2, 0) is 9.59 Å². The smallest absolute Gasteiger partial charge is 0.302 e. The van der Waals surface area contributed by atoms with Crippen LogP contribution in [0.15, 0.2) is 70.9 Å². The fraction of sp³-hybridized carbons (Fsp3) is 0.192. The number of ketones is 1. The highest BCUT2D eigenvalue weighted by atomic mass is 16.5. The van der Waals surface area contributed by atoms with Gasteiger partial charge in [0.2, 0.25) is 5.95 Å². The third-order valence-electron chi connectivity index (χ3n) is 5.67. The van der Waals surface area contributed by atoms with Gasteiger partial charge < -0.3 is 19.2 Å². The number of aromatic amines is 1. The molecule has 0 bridgehead atoms. The highest BCUT2D eigenvalue weighted by molar-refractivity contribution is 6.51. The summed E-state index contributed by atoms with van der Waals surface area (Å²) in [6.07, 6.45) is 1.45. The van der Waals surface area contributed by atoms with Crippen molar-refractivity contribution in [1.82, 2.24) is 9.97 Å². The molecule has 0 radical (unpaired) electrons. The quantitative estimate of drug-likeness (QED) is 0.251. The van der Waals surface area contributed by atoms with Crippen LogP contribution >= 0.6 is 0 Å². The van der Waals surface area contributed by atoms with Gasteiger partial charge in [-0.1, -0.05) is 12.1 Å². The molecule has 2 aromatic heterocycles. The number of aryl methyl sites for hydroxylation is 1. The number of para-hydroxylation sites is 2. The minimum absolute atomic E-state index is 0.00812. The molecule has 8 nitrogen and oxygen atoms in total. The highest BCUT2D eigenvalue weighted by Gasteiger charge is 2.49. The van der Waals surface area contributed by atoms with Crippen molar-refractivity contribution in [3.8, 4) is 5.75 Å². The number of H-pyrrole nitrogens is 1. The summed E-state index contributed by atoms with van der Waals surface area (Å²) in [5.41, 5.74) is 2.48. The second-order valence-corrected chi connectivity index (χ2v) is 8.41. The Balaban J connectivity index is 1.65. The lowest BCUT2D eigenvalue weighted by Gasteiger charge is -2.20. The summed E-state index contributed by atoms with van der Waals surface area (Å²) in [5.74, 6) is -0.717. The maximum absolute atomic E-state index is 13.2. The van der Waals surface area contributed by atoms with Crippen LogP contribution in [0, 0.1) is 6.92 Å². The first-order valence-electron chi connectivity index (χ1n) is 10.9. The first kappa shape index (κ1) is 21.5. The number of ether oxygens (including phenoxy) is 1. The van der Waals surface area contributed by atoms with E-state index >= 15 is 0 Å². The Morgan fingerprint density at radius 2 is 1.94 bits per heavy atom. The van der Waals surface area contributed by atoms with Crippen molar-refractivity contribution in [3.63, 3.8) is 0 Å². The van der Waals surface area contributed by atoms with E-state index in [1.165, 1.54) is 11.2 Å². The summed E-state index contributed by atoms with van der Waals surface area (Å²) >= 11 is 0. The van der Waals surface area contributed by atoms with Crippen molar-refractivity contribution in [2.45, 2.75) is 32.9 Å². The van der Waals surface area contributed by atoms with Crippen LogP contribution in [-0.4, -0.2) is 32.9 Å². The number of carbonyl (C=O) groups excluding carboxylic acids is 2. The van der Waals surface area contributed by atoms with E-state index in [4.69, 9.17) is 9.15 Å². The molecule has 4 aromatic rings. The normalized spacial score (nSPS) is 17.8. The van der Waals surface area contributed by atoms with Crippen molar-refractivity contribution < 1.29 is 23.8 Å². The number of rotatable bonds is 5. The van der Waals surface area contributed by atoms with Crippen LogP contribution in [0.4, 0.5) is 5.95 Å². The SMILES string of the molecule is Cc1cc(/C(O)=C2\C(=O)C(=O)N(c3nc4ccccc4[nH]3)C2c2ccco2)ccc1OC(C)C. The van der Waals surface area contributed by atoms with Crippen LogP contribution in [0.25, 0.3) is 16.8 Å². The van der Waals surface area contributed by atoms with Gasteiger partial charge in [0.15, 0.2) is 0 Å². The fourth-order valence-corrected chi connectivity index (χ4v) is 4.16. The Bertz CT molecular complexity index is 1400. The Labute approximate surface area is 195 Å². The van der Waals surface area contributed by atoms with Gasteiger partial charge in [0.05, 0.1) is 29.0 Å². The lowest BCUT2D eigenvalue weighted by atomic mass is 9.98. The number of aliphatic hydroxyl groups is 1. The van der Waals surface area contributed by atoms with Crippen molar-refractivity contribution in [1.29, 1.82) is 0 Å². The van der Waals surface area contributed by atoms with Crippen LogP contribution in [0.5, 0.6) is 5.75 Å². The van der Waals surface area contributed by atoms with Gasteiger partial charge in [-0.05, 0) is 68.8 Å². The standard InChI is InChI=1S/C26H23N3O5/c1-14(2)34-19-11-10-16(13-15(19)3)23(30)21-22(20-9-6-12-33-20)29(25(32)24(21)31)26-27-17-7-4-5-8-18(17)28-26/h4-14,22,30H,1-3H3,(H,27,28)/b23-21+. The summed E-state index contributed by atoms with van der Waals surface area (Å²) in [5, 5.41) is 11.2. The molecule has 172 valence electrons. The number of Topliss-reactive ketones (excluding diaryl/α,β-unsaturated/α-hetero) is 1. The molecule has 3 heterocycles.